The number of carbonyl (C=O) groups excluding carboxylic acids is 1. The summed E-state index contributed by atoms with van der Waals surface area (Å²) in [7, 11) is -3.95. The van der Waals surface area contributed by atoms with Gasteiger partial charge in [-0.05, 0) is 50.5 Å². The Morgan fingerprint density at radius 3 is 2.30 bits per heavy atom. The quantitative estimate of drug-likeness (QED) is 0.407. The van der Waals surface area contributed by atoms with Crippen molar-refractivity contribution in [1.82, 2.24) is 14.7 Å². The van der Waals surface area contributed by atoms with Gasteiger partial charge in [-0.15, -0.1) is 0 Å². The number of aryl methyl sites for hydroxylation is 4. The molecule has 1 amide bonds. The van der Waals surface area contributed by atoms with Crippen LogP contribution in [0.4, 0.5) is 0 Å². The Labute approximate surface area is 195 Å². The molecular formula is C25H28N4O3S. The Morgan fingerprint density at radius 1 is 1.03 bits per heavy atom. The van der Waals surface area contributed by atoms with E-state index in [-0.39, 0.29) is 18.0 Å². The number of nitrogens with zero attached hydrogens (tertiary/aromatic N) is 3. The lowest BCUT2D eigenvalue weighted by Crippen LogP contribution is -2.39. The Kier molecular flexibility index (Phi) is 7.73. The first-order chi connectivity index (χ1) is 15.7. The summed E-state index contributed by atoms with van der Waals surface area (Å²) in [6.45, 7) is 7.13. The van der Waals surface area contributed by atoms with Crippen LogP contribution in [0.25, 0.3) is 0 Å². The summed E-state index contributed by atoms with van der Waals surface area (Å²) in [6.07, 6.45) is 4.70. The molecule has 0 saturated carbocycles. The molecule has 0 aliphatic heterocycles. The molecule has 0 fully saturated rings. The summed E-state index contributed by atoms with van der Waals surface area (Å²) in [5.41, 5.74) is 7.27. The fourth-order valence-corrected chi connectivity index (χ4v) is 5.45. The predicted molar refractivity (Wildman–Crippen MR) is 129 cm³/mol. The van der Waals surface area contributed by atoms with Crippen molar-refractivity contribution in [1.29, 1.82) is 0 Å². The van der Waals surface area contributed by atoms with E-state index in [9.17, 15) is 13.2 Å². The number of hydrazone groups is 1. The van der Waals surface area contributed by atoms with Crippen LogP contribution in [-0.4, -0.2) is 36.4 Å². The van der Waals surface area contributed by atoms with E-state index in [0.717, 1.165) is 16.7 Å². The Hall–Kier alpha value is -3.36. The van der Waals surface area contributed by atoms with Crippen LogP contribution in [0.2, 0.25) is 0 Å². The van der Waals surface area contributed by atoms with Crippen LogP contribution in [0.1, 0.15) is 33.4 Å². The maximum Gasteiger partial charge on any atom is 0.255 e. The second-order valence-corrected chi connectivity index (χ2v) is 9.94. The summed E-state index contributed by atoms with van der Waals surface area (Å²) in [4.78, 5) is 16.9. The molecule has 0 atom stereocenters. The van der Waals surface area contributed by atoms with Gasteiger partial charge in [0.25, 0.3) is 5.91 Å². The molecule has 8 heteroatoms. The summed E-state index contributed by atoms with van der Waals surface area (Å²) in [6, 6.07) is 14.8. The zero-order valence-electron chi connectivity index (χ0n) is 19.2. The van der Waals surface area contributed by atoms with Crippen molar-refractivity contribution in [2.24, 2.45) is 5.10 Å². The van der Waals surface area contributed by atoms with E-state index in [4.69, 9.17) is 0 Å². The molecule has 0 radical (unpaired) electrons. The molecule has 3 aromatic rings. The Morgan fingerprint density at radius 2 is 1.70 bits per heavy atom. The summed E-state index contributed by atoms with van der Waals surface area (Å²) in [5, 5.41) is 3.93. The van der Waals surface area contributed by atoms with Crippen molar-refractivity contribution in [3.05, 3.63) is 94.3 Å². The third kappa shape index (κ3) is 6.34. The molecule has 1 heterocycles. The van der Waals surface area contributed by atoms with Crippen LogP contribution in [0.15, 0.2) is 70.9 Å². The number of sulfonamides is 1. The van der Waals surface area contributed by atoms with Crippen LogP contribution in [-0.2, 0) is 21.4 Å². The normalized spacial score (nSPS) is 11.8. The van der Waals surface area contributed by atoms with Crippen molar-refractivity contribution in [2.45, 2.75) is 39.1 Å². The fraction of sp³-hybridized carbons (Fsp3) is 0.240. The molecule has 3 rings (SSSR count). The highest BCUT2D eigenvalue weighted by Crippen LogP contribution is 2.26. The second-order valence-electron chi connectivity index (χ2n) is 8.07. The van der Waals surface area contributed by atoms with E-state index in [0.29, 0.717) is 16.7 Å². The largest absolute Gasteiger partial charge is 0.272 e. The van der Waals surface area contributed by atoms with Gasteiger partial charge in [0.15, 0.2) is 0 Å². The monoisotopic (exact) mass is 464 g/mol. The van der Waals surface area contributed by atoms with Gasteiger partial charge in [0.2, 0.25) is 10.0 Å². The lowest BCUT2D eigenvalue weighted by Gasteiger charge is -2.24. The highest BCUT2D eigenvalue weighted by Gasteiger charge is 2.30. The van der Waals surface area contributed by atoms with Crippen LogP contribution in [0.5, 0.6) is 0 Å². The topological polar surface area (TPSA) is 91.7 Å². The number of hydrogen-bond donors (Lipinski definition) is 1. The van der Waals surface area contributed by atoms with E-state index < -0.39 is 15.9 Å². The van der Waals surface area contributed by atoms with Gasteiger partial charge in [0.05, 0.1) is 17.7 Å². The van der Waals surface area contributed by atoms with Gasteiger partial charge >= 0.3 is 0 Å². The average molecular weight is 465 g/mol. The first kappa shape index (κ1) is 24.3. The molecule has 0 unspecified atom stereocenters. The molecule has 1 aromatic heterocycles. The van der Waals surface area contributed by atoms with Gasteiger partial charge in [-0.2, -0.15) is 9.41 Å². The molecule has 0 bridgehead atoms. The van der Waals surface area contributed by atoms with E-state index >= 15 is 0 Å². The van der Waals surface area contributed by atoms with Crippen LogP contribution < -0.4 is 5.43 Å². The first-order valence-corrected chi connectivity index (χ1v) is 12.0. The number of carbonyl (C=O) groups is 1. The highest BCUT2D eigenvalue weighted by atomic mass is 32.2. The zero-order chi connectivity index (χ0) is 24.0. The van der Waals surface area contributed by atoms with Crippen molar-refractivity contribution in [3.63, 3.8) is 0 Å². The SMILES string of the molecule is Cc1ccc(CN(CC(=O)NN=Cc2cccnc2)S(=O)(=O)c2c(C)cc(C)cc2C)cc1. The third-order valence-corrected chi connectivity index (χ3v) is 7.19. The fourth-order valence-electron chi connectivity index (χ4n) is 3.65. The lowest BCUT2D eigenvalue weighted by atomic mass is 10.1. The molecular weight excluding hydrogens is 436 g/mol. The number of pyridine rings is 1. The molecule has 172 valence electrons. The minimum atomic E-state index is -3.95. The summed E-state index contributed by atoms with van der Waals surface area (Å²) < 4.78 is 28.6. The predicted octanol–water partition coefficient (Wildman–Crippen LogP) is 3.66. The number of hydrogen-bond acceptors (Lipinski definition) is 5. The molecule has 0 saturated heterocycles. The summed E-state index contributed by atoms with van der Waals surface area (Å²) >= 11 is 0. The zero-order valence-corrected chi connectivity index (χ0v) is 20.1. The maximum atomic E-state index is 13.7. The molecule has 7 nitrogen and oxygen atoms in total. The molecule has 1 N–H and O–H groups in total. The first-order valence-electron chi connectivity index (χ1n) is 10.5. The van der Waals surface area contributed by atoms with Crippen molar-refractivity contribution >= 4 is 22.1 Å². The number of aromatic nitrogens is 1. The van der Waals surface area contributed by atoms with E-state index in [1.54, 1.807) is 38.4 Å². The minimum absolute atomic E-state index is 0.0646. The van der Waals surface area contributed by atoms with Crippen molar-refractivity contribution in [2.75, 3.05) is 6.54 Å². The van der Waals surface area contributed by atoms with Crippen LogP contribution >= 0.6 is 0 Å². The molecule has 33 heavy (non-hydrogen) atoms. The van der Waals surface area contributed by atoms with Gasteiger partial charge in [-0.1, -0.05) is 53.6 Å². The van der Waals surface area contributed by atoms with Crippen LogP contribution in [0, 0.1) is 27.7 Å². The number of amides is 1. The lowest BCUT2D eigenvalue weighted by molar-refractivity contribution is -0.121. The highest BCUT2D eigenvalue weighted by molar-refractivity contribution is 7.89. The van der Waals surface area contributed by atoms with Gasteiger partial charge in [-0.25, -0.2) is 13.8 Å². The van der Waals surface area contributed by atoms with Crippen molar-refractivity contribution in [3.8, 4) is 0 Å². The smallest absolute Gasteiger partial charge is 0.255 e. The molecule has 2 aromatic carbocycles. The van der Waals surface area contributed by atoms with E-state index in [1.165, 1.54) is 10.5 Å². The van der Waals surface area contributed by atoms with Gasteiger partial charge in [0, 0.05) is 24.5 Å². The standard InChI is InChI=1S/C25H28N4O3S/c1-18-7-9-22(10-8-18)16-29(17-24(30)28-27-15-23-6-5-11-26-14-23)33(31,32)25-20(3)12-19(2)13-21(25)4/h5-15H,16-17H2,1-4H3,(H,28,30). The Balaban J connectivity index is 1.88. The number of benzene rings is 2. The average Bonchev–Trinajstić information content (AvgIpc) is 2.74. The molecule has 0 aliphatic carbocycles. The summed E-state index contributed by atoms with van der Waals surface area (Å²) in [5.74, 6) is -0.534. The molecule has 0 spiro atoms. The maximum absolute atomic E-state index is 13.7. The van der Waals surface area contributed by atoms with Gasteiger partial charge in [-0.3, -0.25) is 9.78 Å². The third-order valence-electron chi connectivity index (χ3n) is 5.09. The van der Waals surface area contributed by atoms with Gasteiger partial charge < -0.3 is 0 Å². The number of nitrogens with one attached hydrogen (secondary N) is 1. The molecule has 0 aliphatic rings. The second kappa shape index (κ2) is 10.5. The van der Waals surface area contributed by atoms with Crippen molar-refractivity contribution < 1.29 is 13.2 Å². The minimum Gasteiger partial charge on any atom is -0.272 e. The van der Waals surface area contributed by atoms with E-state index in [1.807, 2.05) is 50.2 Å². The van der Waals surface area contributed by atoms with Gasteiger partial charge in [0.1, 0.15) is 0 Å². The Bertz CT molecular complexity index is 1230. The van der Waals surface area contributed by atoms with Crippen LogP contribution in [0.3, 0.4) is 0 Å². The van der Waals surface area contributed by atoms with E-state index in [2.05, 4.69) is 15.5 Å². The number of rotatable bonds is 8.